The molecule has 0 saturated heterocycles. The van der Waals surface area contributed by atoms with E-state index < -0.39 is 47.7 Å². The van der Waals surface area contributed by atoms with E-state index in [-0.39, 0.29) is 17.9 Å². The van der Waals surface area contributed by atoms with Crippen molar-refractivity contribution >= 4 is 11.8 Å². The highest BCUT2D eigenvalue weighted by Gasteiger charge is 2.51. The van der Waals surface area contributed by atoms with Crippen molar-refractivity contribution in [3.05, 3.63) is 108 Å². The third kappa shape index (κ3) is 8.82. The molecule has 0 aliphatic heterocycles. The molecule has 0 heterocycles. The summed E-state index contributed by atoms with van der Waals surface area (Å²) in [4.78, 5) is 25.9. The number of hydrogen-bond acceptors (Lipinski definition) is 4. The Bertz CT molecular complexity index is 1540. The van der Waals surface area contributed by atoms with Crippen molar-refractivity contribution in [1.82, 2.24) is 16.0 Å². The summed E-state index contributed by atoms with van der Waals surface area (Å²) >= 11 is 0. The molecule has 3 N–H and O–H groups in total. The second-order valence-corrected chi connectivity index (χ2v) is 12.3. The summed E-state index contributed by atoms with van der Waals surface area (Å²) in [5, 5.41) is 17.3. The number of carbonyl (C=O) groups excluding carboxylic acids is 2. The first kappa shape index (κ1) is 34.4. The highest BCUT2D eigenvalue weighted by molar-refractivity contribution is 5.91. The summed E-state index contributed by atoms with van der Waals surface area (Å²) in [5.41, 5.74) is 0.351. The van der Waals surface area contributed by atoms with E-state index in [1.165, 1.54) is 26.0 Å². The minimum absolute atomic E-state index is 0.0577. The van der Waals surface area contributed by atoms with Gasteiger partial charge in [-0.1, -0.05) is 84.9 Å². The first-order valence-corrected chi connectivity index (χ1v) is 15.1. The molecule has 0 unspecified atom stereocenters. The van der Waals surface area contributed by atoms with Crippen LogP contribution < -0.4 is 16.0 Å². The molecule has 46 heavy (non-hydrogen) atoms. The van der Waals surface area contributed by atoms with Gasteiger partial charge in [0.1, 0.15) is 17.8 Å². The molecule has 6 nitrogen and oxygen atoms in total. The first-order valence-electron chi connectivity index (χ1n) is 15.1. The number of amides is 2. The van der Waals surface area contributed by atoms with Gasteiger partial charge in [0.15, 0.2) is 0 Å². The van der Waals surface area contributed by atoms with E-state index in [1.54, 1.807) is 48.5 Å². The van der Waals surface area contributed by atoms with E-state index in [1.807, 2.05) is 30.3 Å². The maximum Gasteiger partial charge on any atom is 0.407 e. The summed E-state index contributed by atoms with van der Waals surface area (Å²) in [7, 11) is 0. The Labute approximate surface area is 266 Å². The standard InChI is InChI=1S/C36H38F4N4O2/c1-4-20-42-33(46)35(18-19-35)28-16-14-26(15-17-28)25-10-12-27(13-11-25)31(36(38,39)40)44-30(22-34(2,3)37)32(45)43-29(23-41)21-24-8-6-5-7-9-24/h4-17,29-31,44H,1,18-22H2,2-3H3,(H,42,46)(H,43,45)/t29-,30-,31-/m0/s1. The molecule has 1 fully saturated rings. The SMILES string of the molecule is C=CCNC(=O)C1(c2ccc(-c3ccc([C@H](N[C@@H](CC(C)(C)F)C(=O)N[C@H](C#N)Cc4ccccc4)C(F)(F)F)cc3)cc2)CC1. The predicted octanol–water partition coefficient (Wildman–Crippen LogP) is 6.64. The molecule has 0 radical (unpaired) electrons. The molecule has 242 valence electrons. The van der Waals surface area contributed by atoms with Crippen molar-refractivity contribution in [3.63, 3.8) is 0 Å². The zero-order valence-corrected chi connectivity index (χ0v) is 25.8. The summed E-state index contributed by atoms with van der Waals surface area (Å²) in [6.07, 6.45) is -2.13. The number of halogens is 4. The van der Waals surface area contributed by atoms with Crippen LogP contribution in [0, 0.1) is 11.3 Å². The Morgan fingerprint density at radius 3 is 2.04 bits per heavy atom. The Balaban J connectivity index is 1.51. The lowest BCUT2D eigenvalue weighted by Crippen LogP contribution is -2.53. The van der Waals surface area contributed by atoms with Crippen LogP contribution in [0.25, 0.3) is 11.1 Å². The zero-order valence-electron chi connectivity index (χ0n) is 25.8. The quantitative estimate of drug-likeness (QED) is 0.137. The third-order valence-corrected chi connectivity index (χ3v) is 8.06. The number of nitriles is 1. The van der Waals surface area contributed by atoms with E-state index in [4.69, 9.17) is 0 Å². The molecule has 0 spiro atoms. The minimum Gasteiger partial charge on any atom is -0.352 e. The molecule has 3 aromatic carbocycles. The molecule has 1 saturated carbocycles. The molecular formula is C36H38F4N4O2. The average molecular weight is 635 g/mol. The van der Waals surface area contributed by atoms with Crippen molar-refractivity contribution in [1.29, 1.82) is 5.26 Å². The average Bonchev–Trinajstić information content (AvgIpc) is 3.83. The smallest absolute Gasteiger partial charge is 0.352 e. The number of benzene rings is 3. The molecule has 1 aliphatic carbocycles. The van der Waals surface area contributed by atoms with Crippen LogP contribution in [-0.2, 0) is 21.4 Å². The zero-order chi connectivity index (χ0) is 33.5. The van der Waals surface area contributed by atoms with Crippen LogP contribution in [0.5, 0.6) is 0 Å². The van der Waals surface area contributed by atoms with Crippen molar-refractivity contribution < 1.29 is 27.2 Å². The Morgan fingerprint density at radius 1 is 0.957 bits per heavy atom. The van der Waals surface area contributed by atoms with Crippen molar-refractivity contribution in [2.24, 2.45) is 0 Å². The van der Waals surface area contributed by atoms with E-state index in [2.05, 4.69) is 22.5 Å². The van der Waals surface area contributed by atoms with E-state index in [0.29, 0.717) is 12.1 Å². The lowest BCUT2D eigenvalue weighted by molar-refractivity contribution is -0.161. The van der Waals surface area contributed by atoms with Crippen molar-refractivity contribution in [2.75, 3.05) is 6.54 Å². The largest absolute Gasteiger partial charge is 0.407 e. The van der Waals surface area contributed by atoms with Gasteiger partial charge < -0.3 is 10.6 Å². The Kier molecular flexibility index (Phi) is 10.7. The fourth-order valence-electron chi connectivity index (χ4n) is 5.50. The number of carbonyl (C=O) groups is 2. The topological polar surface area (TPSA) is 94.0 Å². The summed E-state index contributed by atoms with van der Waals surface area (Å²) in [6.45, 7) is 6.37. The van der Waals surface area contributed by atoms with Gasteiger partial charge in [-0.3, -0.25) is 14.9 Å². The van der Waals surface area contributed by atoms with Gasteiger partial charge in [0.2, 0.25) is 11.8 Å². The van der Waals surface area contributed by atoms with Gasteiger partial charge in [-0.15, -0.1) is 6.58 Å². The maximum atomic E-state index is 14.8. The van der Waals surface area contributed by atoms with Gasteiger partial charge in [-0.25, -0.2) is 4.39 Å². The lowest BCUT2D eigenvalue weighted by atomic mass is 9.92. The second kappa shape index (κ2) is 14.3. The lowest BCUT2D eigenvalue weighted by Gasteiger charge is -2.30. The molecular weight excluding hydrogens is 596 g/mol. The molecule has 3 aromatic rings. The molecule has 4 rings (SSSR count). The number of nitrogens with one attached hydrogen (secondary N) is 3. The number of alkyl halides is 4. The van der Waals surface area contributed by atoms with Gasteiger partial charge in [-0.2, -0.15) is 18.4 Å². The van der Waals surface area contributed by atoms with Gasteiger partial charge in [0.25, 0.3) is 0 Å². The van der Waals surface area contributed by atoms with Gasteiger partial charge >= 0.3 is 6.18 Å². The highest BCUT2D eigenvalue weighted by atomic mass is 19.4. The fourth-order valence-corrected chi connectivity index (χ4v) is 5.50. The van der Waals surface area contributed by atoms with Gasteiger partial charge in [0, 0.05) is 19.4 Å². The summed E-state index contributed by atoms with van der Waals surface area (Å²) in [5.74, 6) is -0.955. The van der Waals surface area contributed by atoms with Crippen molar-refractivity contribution in [2.45, 2.75) is 74.9 Å². The molecule has 1 aliphatic rings. The number of rotatable bonds is 14. The van der Waals surface area contributed by atoms with Gasteiger partial charge in [-0.05, 0) is 54.5 Å². The van der Waals surface area contributed by atoms with Crippen LogP contribution in [0.2, 0.25) is 0 Å². The van der Waals surface area contributed by atoms with Crippen LogP contribution >= 0.6 is 0 Å². The summed E-state index contributed by atoms with van der Waals surface area (Å²) < 4.78 is 58.1. The van der Waals surface area contributed by atoms with Crippen LogP contribution in [0.1, 0.15) is 55.8 Å². The number of hydrogen-bond donors (Lipinski definition) is 3. The van der Waals surface area contributed by atoms with E-state index in [9.17, 15) is 32.4 Å². The van der Waals surface area contributed by atoms with Crippen LogP contribution in [0.3, 0.4) is 0 Å². The second-order valence-electron chi connectivity index (χ2n) is 12.3. The van der Waals surface area contributed by atoms with E-state index in [0.717, 1.165) is 29.5 Å². The van der Waals surface area contributed by atoms with Crippen LogP contribution in [0.15, 0.2) is 91.5 Å². The Morgan fingerprint density at radius 2 is 1.54 bits per heavy atom. The molecule has 3 atom stereocenters. The highest BCUT2D eigenvalue weighted by Crippen LogP contribution is 2.48. The third-order valence-electron chi connectivity index (χ3n) is 8.06. The monoisotopic (exact) mass is 634 g/mol. The molecule has 0 bridgehead atoms. The van der Waals surface area contributed by atoms with Crippen LogP contribution in [-0.4, -0.2) is 42.3 Å². The fraction of sp³-hybridized carbons (Fsp3) is 0.361. The number of nitrogens with zero attached hydrogens (tertiary/aromatic N) is 1. The van der Waals surface area contributed by atoms with Crippen molar-refractivity contribution in [3.8, 4) is 17.2 Å². The molecule has 2 amide bonds. The van der Waals surface area contributed by atoms with Crippen LogP contribution in [0.4, 0.5) is 17.6 Å². The normalized spacial score (nSPS) is 15.9. The minimum atomic E-state index is -4.81. The first-order chi connectivity index (χ1) is 21.8. The molecule has 0 aromatic heterocycles. The maximum absolute atomic E-state index is 14.8. The van der Waals surface area contributed by atoms with E-state index >= 15 is 0 Å². The Hall–Kier alpha value is -4.49. The predicted molar refractivity (Wildman–Crippen MR) is 169 cm³/mol. The molecule has 10 heteroatoms. The van der Waals surface area contributed by atoms with Gasteiger partial charge in [0.05, 0.1) is 17.5 Å². The summed E-state index contributed by atoms with van der Waals surface area (Å²) in [6, 6.07) is 19.1.